The van der Waals surface area contributed by atoms with Gasteiger partial charge in [0, 0.05) is 44.8 Å². The molecule has 24 heavy (non-hydrogen) atoms. The first-order chi connectivity index (χ1) is 11.7. The zero-order valence-electron chi connectivity index (χ0n) is 14.8. The number of hydrogen-bond donors (Lipinski definition) is 1. The fourth-order valence-electron chi connectivity index (χ4n) is 3.81. The van der Waals surface area contributed by atoms with Gasteiger partial charge in [-0.2, -0.15) is 5.26 Å². The summed E-state index contributed by atoms with van der Waals surface area (Å²) >= 11 is 0. The first-order valence-corrected chi connectivity index (χ1v) is 8.94. The van der Waals surface area contributed by atoms with Gasteiger partial charge in [-0.15, -0.1) is 0 Å². The van der Waals surface area contributed by atoms with Gasteiger partial charge in [-0.05, 0) is 38.8 Å². The first-order valence-electron chi connectivity index (χ1n) is 8.94. The smallest absolute Gasteiger partial charge is 0.149 e. The summed E-state index contributed by atoms with van der Waals surface area (Å²) in [6, 6.07) is 2.41. The van der Waals surface area contributed by atoms with Crippen LogP contribution < -0.4 is 9.80 Å². The summed E-state index contributed by atoms with van der Waals surface area (Å²) in [7, 11) is 2.13. The first kappa shape index (κ1) is 17.0. The van der Waals surface area contributed by atoms with Crippen LogP contribution in [0.3, 0.4) is 0 Å². The van der Waals surface area contributed by atoms with Gasteiger partial charge in [0.1, 0.15) is 17.7 Å². The molecule has 6 heteroatoms. The maximum Gasteiger partial charge on any atom is 0.149 e. The van der Waals surface area contributed by atoms with Gasteiger partial charge in [-0.1, -0.05) is 0 Å². The van der Waals surface area contributed by atoms with E-state index in [2.05, 4.69) is 22.9 Å². The van der Waals surface area contributed by atoms with Crippen LogP contribution in [0.1, 0.15) is 36.5 Å². The highest BCUT2D eigenvalue weighted by Gasteiger charge is 2.29. The second kappa shape index (κ2) is 7.37. The average Bonchev–Trinajstić information content (AvgIpc) is 3.12. The molecule has 130 valence electrons. The molecule has 1 fully saturated rings. The molecule has 3 heterocycles. The minimum atomic E-state index is 0.0687. The maximum absolute atomic E-state index is 9.80. The Hall–Kier alpha value is -1.84. The van der Waals surface area contributed by atoms with Crippen molar-refractivity contribution < 1.29 is 5.11 Å². The van der Waals surface area contributed by atoms with E-state index in [1.807, 2.05) is 11.8 Å². The molecule has 1 N–H and O–H groups in total. The van der Waals surface area contributed by atoms with Crippen molar-refractivity contribution in [2.24, 2.45) is 0 Å². The molecular formula is C18H27N5O. The Morgan fingerprint density at radius 2 is 2.00 bits per heavy atom. The number of aliphatic hydroxyl groups excluding tert-OH is 1. The molecule has 3 rings (SSSR count). The van der Waals surface area contributed by atoms with Crippen molar-refractivity contribution >= 4 is 11.6 Å². The molecule has 1 aromatic rings. The van der Waals surface area contributed by atoms with E-state index in [9.17, 15) is 10.4 Å². The highest BCUT2D eigenvalue weighted by atomic mass is 16.3. The summed E-state index contributed by atoms with van der Waals surface area (Å²) < 4.78 is 0. The van der Waals surface area contributed by atoms with Crippen molar-refractivity contribution in [3.05, 3.63) is 16.7 Å². The SMILES string of the molecule is CCN(CCO)c1nc(N2CCCC2)c2c(c1C#N)CCN(C)C2. The number of hydrogen-bond acceptors (Lipinski definition) is 6. The molecule has 0 amide bonds. The Balaban J connectivity index is 2.15. The third kappa shape index (κ3) is 3.06. The molecule has 0 radical (unpaired) electrons. The fourth-order valence-corrected chi connectivity index (χ4v) is 3.81. The van der Waals surface area contributed by atoms with Gasteiger partial charge in [-0.3, -0.25) is 0 Å². The van der Waals surface area contributed by atoms with Gasteiger partial charge >= 0.3 is 0 Å². The summed E-state index contributed by atoms with van der Waals surface area (Å²) in [6.45, 7) is 7.27. The van der Waals surface area contributed by atoms with Gasteiger partial charge < -0.3 is 19.8 Å². The minimum absolute atomic E-state index is 0.0687. The van der Waals surface area contributed by atoms with Gasteiger partial charge in [0.2, 0.25) is 0 Å². The number of rotatable bonds is 5. The molecule has 0 aliphatic carbocycles. The predicted molar refractivity (Wildman–Crippen MR) is 95.4 cm³/mol. The summed E-state index contributed by atoms with van der Waals surface area (Å²) in [6.07, 6.45) is 3.30. The monoisotopic (exact) mass is 329 g/mol. The van der Waals surface area contributed by atoms with Crippen molar-refractivity contribution in [2.75, 3.05) is 56.2 Å². The molecule has 6 nitrogen and oxygen atoms in total. The van der Waals surface area contributed by atoms with E-state index in [1.165, 1.54) is 24.0 Å². The Morgan fingerprint density at radius 3 is 2.62 bits per heavy atom. The van der Waals surface area contributed by atoms with Crippen LogP contribution in [0.25, 0.3) is 0 Å². The van der Waals surface area contributed by atoms with Crippen LogP contribution in [0, 0.1) is 11.3 Å². The van der Waals surface area contributed by atoms with Crippen molar-refractivity contribution in [3.63, 3.8) is 0 Å². The summed E-state index contributed by atoms with van der Waals surface area (Å²) in [5.41, 5.74) is 3.10. The number of anilines is 2. The van der Waals surface area contributed by atoms with E-state index in [1.54, 1.807) is 0 Å². The molecule has 2 aliphatic rings. The quantitative estimate of drug-likeness (QED) is 0.880. The molecule has 0 spiro atoms. The lowest BCUT2D eigenvalue weighted by Crippen LogP contribution is -2.34. The normalized spacial score (nSPS) is 17.7. The van der Waals surface area contributed by atoms with Crippen molar-refractivity contribution in [1.82, 2.24) is 9.88 Å². The average molecular weight is 329 g/mol. The topological polar surface area (TPSA) is 66.6 Å². The molecule has 0 aromatic carbocycles. The molecule has 1 saturated heterocycles. The van der Waals surface area contributed by atoms with E-state index in [-0.39, 0.29) is 6.61 Å². The number of aromatic nitrogens is 1. The Bertz CT molecular complexity index is 633. The zero-order chi connectivity index (χ0) is 17.1. The van der Waals surface area contributed by atoms with Crippen LogP contribution in [0.15, 0.2) is 0 Å². The van der Waals surface area contributed by atoms with Crippen LogP contribution in [0.4, 0.5) is 11.6 Å². The summed E-state index contributed by atoms with van der Waals surface area (Å²) in [5.74, 6) is 1.80. The summed E-state index contributed by atoms with van der Waals surface area (Å²) in [5, 5.41) is 19.2. The van der Waals surface area contributed by atoms with Gasteiger partial charge in [0.15, 0.2) is 0 Å². The van der Waals surface area contributed by atoms with Gasteiger partial charge in [0.05, 0.1) is 12.2 Å². The Kier molecular flexibility index (Phi) is 5.22. The van der Waals surface area contributed by atoms with Crippen LogP contribution in [0.5, 0.6) is 0 Å². The third-order valence-corrected chi connectivity index (χ3v) is 5.11. The van der Waals surface area contributed by atoms with Crippen molar-refractivity contribution in [3.8, 4) is 6.07 Å². The van der Waals surface area contributed by atoms with Crippen molar-refractivity contribution in [2.45, 2.75) is 32.7 Å². The number of nitriles is 1. The molecule has 1 aromatic heterocycles. The van der Waals surface area contributed by atoms with Gasteiger partial charge in [0.25, 0.3) is 0 Å². The number of fused-ring (bicyclic) bond motifs is 1. The number of likely N-dealkylation sites (N-methyl/N-ethyl adjacent to an activating group) is 2. The molecule has 0 atom stereocenters. The Morgan fingerprint density at radius 1 is 1.25 bits per heavy atom. The number of nitrogens with zero attached hydrogens (tertiary/aromatic N) is 5. The van der Waals surface area contributed by atoms with E-state index < -0.39 is 0 Å². The second-order valence-electron chi connectivity index (χ2n) is 6.69. The molecule has 0 unspecified atom stereocenters. The molecular weight excluding hydrogens is 302 g/mol. The lowest BCUT2D eigenvalue weighted by molar-refractivity contribution is 0.301. The Labute approximate surface area is 144 Å². The lowest BCUT2D eigenvalue weighted by Gasteiger charge is -2.33. The maximum atomic E-state index is 9.80. The molecule has 0 saturated carbocycles. The predicted octanol–water partition coefficient (Wildman–Crippen LogP) is 1.36. The lowest BCUT2D eigenvalue weighted by atomic mass is 9.95. The largest absolute Gasteiger partial charge is 0.395 e. The number of pyridine rings is 1. The summed E-state index contributed by atoms with van der Waals surface area (Å²) in [4.78, 5) is 11.7. The number of aliphatic hydroxyl groups is 1. The van der Waals surface area contributed by atoms with Crippen LogP contribution in [-0.2, 0) is 13.0 Å². The van der Waals surface area contributed by atoms with E-state index in [0.29, 0.717) is 12.1 Å². The van der Waals surface area contributed by atoms with Gasteiger partial charge in [-0.25, -0.2) is 4.98 Å². The highest BCUT2D eigenvalue weighted by Crippen LogP contribution is 2.35. The molecule has 0 bridgehead atoms. The highest BCUT2D eigenvalue weighted by molar-refractivity contribution is 5.67. The minimum Gasteiger partial charge on any atom is -0.395 e. The van der Waals surface area contributed by atoms with Crippen LogP contribution in [-0.4, -0.2) is 61.4 Å². The van der Waals surface area contributed by atoms with E-state index in [0.717, 1.165) is 50.8 Å². The standard InChI is InChI=1S/C18H27N5O/c1-3-22(10-11-24)17-15(12-19)14-6-9-21(2)13-16(14)18(20-17)23-7-4-5-8-23/h24H,3-11,13H2,1-2H3. The fraction of sp³-hybridized carbons (Fsp3) is 0.667. The molecule has 2 aliphatic heterocycles. The van der Waals surface area contributed by atoms with Crippen LogP contribution >= 0.6 is 0 Å². The van der Waals surface area contributed by atoms with E-state index in [4.69, 9.17) is 4.98 Å². The second-order valence-corrected chi connectivity index (χ2v) is 6.69. The third-order valence-electron chi connectivity index (χ3n) is 5.11. The van der Waals surface area contributed by atoms with Crippen LogP contribution in [0.2, 0.25) is 0 Å². The van der Waals surface area contributed by atoms with E-state index >= 15 is 0 Å². The van der Waals surface area contributed by atoms with Crippen molar-refractivity contribution in [1.29, 1.82) is 5.26 Å². The zero-order valence-corrected chi connectivity index (χ0v) is 14.8.